The van der Waals surface area contributed by atoms with E-state index in [1.165, 1.54) is 5.56 Å². The van der Waals surface area contributed by atoms with Crippen molar-refractivity contribution in [3.05, 3.63) is 70.8 Å². The molecule has 1 saturated heterocycles. The molecule has 35 heavy (non-hydrogen) atoms. The molecule has 3 aromatic heterocycles. The lowest BCUT2D eigenvalue weighted by atomic mass is 9.93. The average Bonchev–Trinajstić information content (AvgIpc) is 3.39. The highest BCUT2D eigenvalue weighted by Crippen LogP contribution is 2.29. The fourth-order valence-corrected chi connectivity index (χ4v) is 5.14. The number of imidazole rings is 1. The van der Waals surface area contributed by atoms with E-state index in [4.69, 9.17) is 9.72 Å². The van der Waals surface area contributed by atoms with E-state index in [0.29, 0.717) is 24.1 Å². The van der Waals surface area contributed by atoms with Crippen LogP contribution in [0.5, 0.6) is 5.88 Å². The zero-order valence-corrected chi connectivity index (χ0v) is 21.1. The van der Waals surface area contributed by atoms with Crippen LogP contribution in [-0.2, 0) is 20.2 Å². The number of aromatic carboxylic acids is 1. The van der Waals surface area contributed by atoms with Crippen LogP contribution in [0.4, 0.5) is 0 Å². The predicted octanol–water partition coefficient (Wildman–Crippen LogP) is 3.76. The van der Waals surface area contributed by atoms with Crippen molar-refractivity contribution in [2.45, 2.75) is 38.8 Å². The molecule has 1 aliphatic heterocycles. The quantitative estimate of drug-likeness (QED) is 0.382. The topological polar surface area (TPSA) is 96.3 Å². The van der Waals surface area contributed by atoms with Crippen molar-refractivity contribution in [1.82, 2.24) is 24.4 Å². The van der Waals surface area contributed by atoms with Crippen LogP contribution in [0.2, 0.25) is 0 Å². The van der Waals surface area contributed by atoms with Gasteiger partial charge in [-0.25, -0.2) is 14.8 Å². The standard InChI is InChI=1S/C26H30N5O3P/c1-16-6-7-18(22(35)12-16)15-34-24-5-3-4-19(27-24)17-8-10-31(11-9-17)14-23-29-25-21(30(23)2)13-20(28-25)26(32)33/h3-7,12-13,17,28H,8-11,14-15,35H2,1-2H3,(H,32,33). The number of likely N-dealkylation sites (tertiary alicyclic amines) is 1. The van der Waals surface area contributed by atoms with Gasteiger partial charge < -0.3 is 19.4 Å². The van der Waals surface area contributed by atoms with E-state index in [0.717, 1.165) is 60.4 Å². The van der Waals surface area contributed by atoms with Gasteiger partial charge in [0.25, 0.3) is 0 Å². The molecule has 8 nitrogen and oxygen atoms in total. The molecular weight excluding hydrogens is 461 g/mol. The second kappa shape index (κ2) is 9.80. The number of pyridine rings is 1. The number of carboxylic acids is 1. The maximum absolute atomic E-state index is 11.2. The fraction of sp³-hybridized carbons (Fsp3) is 0.346. The zero-order valence-electron chi connectivity index (χ0n) is 20.0. The highest BCUT2D eigenvalue weighted by molar-refractivity contribution is 7.27. The van der Waals surface area contributed by atoms with Gasteiger partial charge in [-0.05, 0) is 55.9 Å². The minimum atomic E-state index is -0.973. The summed E-state index contributed by atoms with van der Waals surface area (Å²) in [5.74, 6) is 1.03. The van der Waals surface area contributed by atoms with Gasteiger partial charge in [0.15, 0.2) is 5.65 Å². The van der Waals surface area contributed by atoms with Crippen LogP contribution in [-0.4, -0.2) is 48.6 Å². The number of benzene rings is 1. The number of H-pyrrole nitrogens is 1. The first-order valence-electron chi connectivity index (χ1n) is 11.8. The summed E-state index contributed by atoms with van der Waals surface area (Å²) in [7, 11) is 4.71. The molecule has 1 atom stereocenters. The maximum atomic E-state index is 11.2. The number of carboxylic acid groups (broad SMARTS) is 1. The summed E-state index contributed by atoms with van der Waals surface area (Å²) in [6, 6.07) is 14.0. The van der Waals surface area contributed by atoms with E-state index < -0.39 is 5.97 Å². The van der Waals surface area contributed by atoms with Crippen LogP contribution < -0.4 is 10.0 Å². The largest absolute Gasteiger partial charge is 0.477 e. The van der Waals surface area contributed by atoms with Crippen LogP contribution in [0, 0.1) is 6.92 Å². The van der Waals surface area contributed by atoms with Gasteiger partial charge in [-0.2, -0.15) is 0 Å². The molecule has 0 amide bonds. The van der Waals surface area contributed by atoms with Crippen LogP contribution in [0.3, 0.4) is 0 Å². The van der Waals surface area contributed by atoms with Gasteiger partial charge in [-0.15, -0.1) is 9.24 Å². The Labute approximate surface area is 206 Å². The average molecular weight is 492 g/mol. The van der Waals surface area contributed by atoms with E-state index in [9.17, 15) is 9.90 Å². The Morgan fingerprint density at radius 3 is 2.71 bits per heavy atom. The Bertz CT molecular complexity index is 1370. The molecule has 0 bridgehead atoms. The summed E-state index contributed by atoms with van der Waals surface area (Å²) in [4.78, 5) is 25.9. The lowest BCUT2D eigenvalue weighted by molar-refractivity contribution is 0.0691. The number of nitrogens with one attached hydrogen (secondary N) is 1. The summed E-state index contributed by atoms with van der Waals surface area (Å²) in [6.45, 7) is 5.23. The molecule has 1 unspecified atom stereocenters. The molecule has 1 fully saturated rings. The Balaban J connectivity index is 1.18. The van der Waals surface area contributed by atoms with Crippen molar-refractivity contribution < 1.29 is 14.6 Å². The van der Waals surface area contributed by atoms with Gasteiger partial charge >= 0.3 is 5.97 Å². The number of aromatic amines is 1. The lowest BCUT2D eigenvalue weighted by Crippen LogP contribution is -2.33. The van der Waals surface area contributed by atoms with Gasteiger partial charge in [-0.3, -0.25) is 4.90 Å². The number of piperidine rings is 1. The number of ether oxygens (including phenoxy) is 1. The zero-order chi connectivity index (χ0) is 24.5. The van der Waals surface area contributed by atoms with Crippen LogP contribution >= 0.6 is 9.24 Å². The number of aromatic nitrogens is 4. The first-order chi connectivity index (χ1) is 16.9. The second-order valence-electron chi connectivity index (χ2n) is 9.25. The maximum Gasteiger partial charge on any atom is 0.352 e. The van der Waals surface area contributed by atoms with Crippen molar-refractivity contribution in [1.29, 1.82) is 0 Å². The Hall–Kier alpha value is -3.22. The van der Waals surface area contributed by atoms with E-state index in [-0.39, 0.29) is 5.69 Å². The molecule has 0 radical (unpaired) electrons. The van der Waals surface area contributed by atoms with Crippen LogP contribution in [0.15, 0.2) is 42.5 Å². The first kappa shape index (κ1) is 23.5. The van der Waals surface area contributed by atoms with E-state index >= 15 is 0 Å². The Morgan fingerprint density at radius 1 is 1.20 bits per heavy atom. The molecule has 0 aliphatic carbocycles. The Morgan fingerprint density at radius 2 is 2.00 bits per heavy atom. The van der Waals surface area contributed by atoms with E-state index in [1.54, 1.807) is 6.07 Å². The highest BCUT2D eigenvalue weighted by Gasteiger charge is 2.24. The van der Waals surface area contributed by atoms with Crippen molar-refractivity contribution in [2.75, 3.05) is 13.1 Å². The van der Waals surface area contributed by atoms with E-state index in [2.05, 4.69) is 55.3 Å². The smallest absolute Gasteiger partial charge is 0.352 e. The monoisotopic (exact) mass is 491 g/mol. The summed E-state index contributed by atoms with van der Waals surface area (Å²) in [6.07, 6.45) is 2.05. The lowest BCUT2D eigenvalue weighted by Gasteiger charge is -2.31. The van der Waals surface area contributed by atoms with Crippen LogP contribution in [0.1, 0.15) is 51.9 Å². The second-order valence-corrected chi connectivity index (χ2v) is 9.87. The van der Waals surface area contributed by atoms with Gasteiger partial charge in [-0.1, -0.05) is 29.8 Å². The van der Waals surface area contributed by atoms with Crippen molar-refractivity contribution in [3.8, 4) is 5.88 Å². The third kappa shape index (κ3) is 5.09. The number of nitrogens with zero attached hydrogens (tertiary/aromatic N) is 4. The third-order valence-electron chi connectivity index (χ3n) is 6.79. The molecular formula is C26H30N5O3P. The molecule has 5 rings (SSSR count). The normalized spacial score (nSPS) is 15.1. The molecule has 1 aromatic carbocycles. The molecule has 4 heterocycles. The number of rotatable bonds is 7. The molecule has 2 N–H and O–H groups in total. The minimum Gasteiger partial charge on any atom is -0.477 e. The van der Waals surface area contributed by atoms with Crippen molar-refractivity contribution >= 4 is 31.7 Å². The summed E-state index contributed by atoms with van der Waals surface area (Å²) < 4.78 is 7.99. The predicted molar refractivity (Wildman–Crippen MR) is 138 cm³/mol. The molecule has 9 heteroatoms. The SMILES string of the molecule is Cc1ccc(COc2cccc(C3CCN(Cc4nc5[nH]c(C(=O)O)cc5n4C)CC3)n2)c(P)c1. The third-order valence-corrected chi connectivity index (χ3v) is 7.33. The Kier molecular flexibility index (Phi) is 6.58. The molecule has 0 saturated carbocycles. The van der Waals surface area contributed by atoms with Gasteiger partial charge in [0, 0.05) is 24.7 Å². The molecule has 0 spiro atoms. The molecule has 1 aliphatic rings. The number of fused-ring (bicyclic) bond motifs is 1. The molecule has 182 valence electrons. The molecule has 4 aromatic rings. The van der Waals surface area contributed by atoms with Gasteiger partial charge in [0.1, 0.15) is 18.1 Å². The van der Waals surface area contributed by atoms with Gasteiger partial charge in [0.05, 0.1) is 12.1 Å². The van der Waals surface area contributed by atoms with Crippen LogP contribution in [0.25, 0.3) is 11.2 Å². The number of hydrogen-bond donors (Lipinski definition) is 2. The van der Waals surface area contributed by atoms with E-state index in [1.807, 2.05) is 23.7 Å². The number of aryl methyl sites for hydroxylation is 2. The minimum absolute atomic E-state index is 0.164. The number of hydrogen-bond acceptors (Lipinski definition) is 5. The highest BCUT2D eigenvalue weighted by atomic mass is 31.0. The number of carbonyl (C=O) groups is 1. The van der Waals surface area contributed by atoms with Crippen molar-refractivity contribution in [3.63, 3.8) is 0 Å². The fourth-order valence-electron chi connectivity index (χ4n) is 4.70. The van der Waals surface area contributed by atoms with Crippen molar-refractivity contribution in [2.24, 2.45) is 7.05 Å². The summed E-state index contributed by atoms with van der Waals surface area (Å²) in [5, 5.41) is 10.3. The first-order valence-corrected chi connectivity index (χ1v) is 12.4. The van der Waals surface area contributed by atoms with Gasteiger partial charge in [0.2, 0.25) is 5.88 Å². The summed E-state index contributed by atoms with van der Waals surface area (Å²) >= 11 is 0. The summed E-state index contributed by atoms with van der Waals surface area (Å²) in [5.41, 5.74) is 5.06.